The van der Waals surface area contributed by atoms with Crippen LogP contribution in [0.25, 0.3) is 0 Å². The van der Waals surface area contributed by atoms with Gasteiger partial charge in [0.1, 0.15) is 5.76 Å². The Bertz CT molecular complexity index is 694. The minimum Gasteiger partial charge on any atom is -0.469 e. The molecule has 5 nitrogen and oxygen atoms in total. The summed E-state index contributed by atoms with van der Waals surface area (Å²) < 4.78 is 32.6. The van der Waals surface area contributed by atoms with Crippen molar-refractivity contribution >= 4 is 10.0 Å². The second-order valence-electron chi connectivity index (χ2n) is 5.10. The van der Waals surface area contributed by atoms with Gasteiger partial charge in [0.25, 0.3) is 0 Å². The van der Waals surface area contributed by atoms with Gasteiger partial charge in [0.05, 0.1) is 11.2 Å². The number of rotatable bonds is 6. The molecule has 0 spiro atoms. The van der Waals surface area contributed by atoms with Crippen LogP contribution in [0.2, 0.25) is 0 Å². The highest BCUT2D eigenvalue weighted by Gasteiger charge is 2.19. The fraction of sp³-hybridized carbons (Fsp3) is 0.333. The predicted molar refractivity (Wildman–Crippen MR) is 81.3 cm³/mol. The van der Waals surface area contributed by atoms with Gasteiger partial charge in [-0.25, -0.2) is 13.1 Å². The molecule has 0 radical (unpaired) electrons. The van der Waals surface area contributed by atoms with Crippen LogP contribution in [0.3, 0.4) is 0 Å². The maximum absolute atomic E-state index is 12.4. The van der Waals surface area contributed by atoms with Gasteiger partial charge < -0.3 is 10.2 Å². The predicted octanol–water partition coefficient (Wildman–Crippen LogP) is 1.96. The van der Waals surface area contributed by atoms with Gasteiger partial charge in [0.2, 0.25) is 10.0 Å². The molecular formula is C15H20N2O3S. The van der Waals surface area contributed by atoms with Crippen molar-refractivity contribution in [2.24, 2.45) is 5.73 Å². The Balaban J connectivity index is 2.14. The fourth-order valence-electron chi connectivity index (χ4n) is 2.14. The lowest BCUT2D eigenvalue weighted by Crippen LogP contribution is -2.34. The number of benzene rings is 1. The molecule has 1 heterocycles. The van der Waals surface area contributed by atoms with E-state index in [4.69, 9.17) is 10.2 Å². The maximum atomic E-state index is 12.4. The third kappa shape index (κ3) is 3.93. The van der Waals surface area contributed by atoms with Crippen LogP contribution >= 0.6 is 0 Å². The number of hydrogen-bond donors (Lipinski definition) is 2. The molecule has 0 bridgehead atoms. The summed E-state index contributed by atoms with van der Waals surface area (Å²) in [5, 5.41) is 0. The number of nitrogens with one attached hydrogen (secondary N) is 1. The topological polar surface area (TPSA) is 85.3 Å². The molecule has 3 N–H and O–H groups in total. The van der Waals surface area contributed by atoms with Gasteiger partial charge >= 0.3 is 0 Å². The third-order valence-electron chi connectivity index (χ3n) is 3.29. The van der Waals surface area contributed by atoms with Crippen LogP contribution < -0.4 is 10.5 Å². The average Bonchev–Trinajstić information content (AvgIpc) is 2.91. The summed E-state index contributed by atoms with van der Waals surface area (Å²) in [5.41, 5.74) is 7.44. The molecule has 2 rings (SSSR count). The van der Waals surface area contributed by atoms with Crippen LogP contribution in [0.4, 0.5) is 0 Å². The van der Waals surface area contributed by atoms with Gasteiger partial charge in [-0.1, -0.05) is 6.07 Å². The molecule has 1 aromatic heterocycles. The molecule has 0 saturated carbocycles. The molecule has 1 aromatic carbocycles. The van der Waals surface area contributed by atoms with Crippen molar-refractivity contribution in [2.45, 2.75) is 37.8 Å². The monoisotopic (exact) mass is 308 g/mol. The number of furan rings is 1. The molecule has 0 aliphatic rings. The first kappa shape index (κ1) is 15.8. The molecule has 1 atom stereocenters. The Kier molecular flexibility index (Phi) is 4.82. The smallest absolute Gasteiger partial charge is 0.240 e. The van der Waals surface area contributed by atoms with E-state index in [-0.39, 0.29) is 10.9 Å². The molecule has 2 aromatic rings. The van der Waals surface area contributed by atoms with Gasteiger partial charge in [0, 0.05) is 19.0 Å². The highest BCUT2D eigenvalue weighted by Crippen LogP contribution is 2.16. The van der Waals surface area contributed by atoms with Crippen LogP contribution in [-0.4, -0.2) is 14.5 Å². The molecular weight excluding hydrogens is 288 g/mol. The fourth-order valence-corrected chi connectivity index (χ4v) is 3.43. The van der Waals surface area contributed by atoms with E-state index in [1.54, 1.807) is 37.5 Å². The maximum Gasteiger partial charge on any atom is 0.240 e. The zero-order valence-electron chi connectivity index (χ0n) is 12.2. The summed E-state index contributed by atoms with van der Waals surface area (Å²) in [4.78, 5) is 0.236. The Morgan fingerprint density at radius 3 is 2.71 bits per heavy atom. The zero-order valence-corrected chi connectivity index (χ0v) is 13.0. The highest BCUT2D eigenvalue weighted by atomic mass is 32.2. The molecule has 21 heavy (non-hydrogen) atoms. The molecule has 0 aliphatic carbocycles. The van der Waals surface area contributed by atoms with Crippen molar-refractivity contribution in [3.05, 3.63) is 53.5 Å². The van der Waals surface area contributed by atoms with Crippen molar-refractivity contribution in [2.75, 3.05) is 0 Å². The normalized spacial score (nSPS) is 13.3. The van der Waals surface area contributed by atoms with Crippen molar-refractivity contribution in [3.63, 3.8) is 0 Å². The summed E-state index contributed by atoms with van der Waals surface area (Å²) in [6, 6.07) is 8.33. The minimum absolute atomic E-state index is 0.236. The van der Waals surface area contributed by atoms with Crippen LogP contribution in [0.15, 0.2) is 45.9 Å². The minimum atomic E-state index is -3.56. The number of aryl methyl sites for hydroxylation is 1. The summed E-state index contributed by atoms with van der Waals surface area (Å²) in [5.74, 6) is 0.747. The SMILES string of the molecule is Cc1ccc(S(=O)(=O)NC(C)Cc2ccco2)cc1CN. The Morgan fingerprint density at radius 1 is 1.33 bits per heavy atom. The van der Waals surface area contributed by atoms with Crippen LogP contribution in [-0.2, 0) is 23.0 Å². The van der Waals surface area contributed by atoms with Crippen LogP contribution in [0.1, 0.15) is 23.8 Å². The van der Waals surface area contributed by atoms with E-state index in [2.05, 4.69) is 4.72 Å². The Labute approximate surface area is 125 Å². The van der Waals surface area contributed by atoms with Crippen LogP contribution in [0, 0.1) is 6.92 Å². The van der Waals surface area contributed by atoms with Crippen molar-refractivity contribution < 1.29 is 12.8 Å². The summed E-state index contributed by atoms with van der Waals surface area (Å²) in [6.45, 7) is 4.03. The molecule has 0 aliphatic heterocycles. The summed E-state index contributed by atoms with van der Waals surface area (Å²) in [7, 11) is -3.56. The number of sulfonamides is 1. The van der Waals surface area contributed by atoms with E-state index in [0.29, 0.717) is 13.0 Å². The summed E-state index contributed by atoms with van der Waals surface area (Å²) in [6.07, 6.45) is 2.08. The van der Waals surface area contributed by atoms with Crippen LogP contribution in [0.5, 0.6) is 0 Å². The second-order valence-corrected chi connectivity index (χ2v) is 6.81. The lowest BCUT2D eigenvalue weighted by atomic mass is 10.1. The van der Waals surface area contributed by atoms with Crippen molar-refractivity contribution in [1.29, 1.82) is 0 Å². The third-order valence-corrected chi connectivity index (χ3v) is 4.88. The molecule has 0 saturated heterocycles. The molecule has 6 heteroatoms. The first-order valence-corrected chi connectivity index (χ1v) is 8.25. The van der Waals surface area contributed by atoms with Gasteiger partial charge in [-0.3, -0.25) is 0 Å². The standard InChI is InChI=1S/C15H20N2O3S/c1-11-5-6-15(9-13(11)10-16)21(18,19)17-12(2)8-14-4-3-7-20-14/h3-7,9,12,17H,8,10,16H2,1-2H3. The first-order valence-electron chi connectivity index (χ1n) is 6.76. The van der Waals surface area contributed by atoms with Gasteiger partial charge in [-0.2, -0.15) is 0 Å². The van der Waals surface area contributed by atoms with Gasteiger partial charge in [-0.05, 0) is 49.2 Å². The highest BCUT2D eigenvalue weighted by molar-refractivity contribution is 7.89. The second kappa shape index (κ2) is 6.43. The van der Waals surface area contributed by atoms with Crippen molar-refractivity contribution in [3.8, 4) is 0 Å². The van der Waals surface area contributed by atoms with E-state index in [1.165, 1.54) is 0 Å². The lowest BCUT2D eigenvalue weighted by Gasteiger charge is -2.14. The largest absolute Gasteiger partial charge is 0.469 e. The Morgan fingerprint density at radius 2 is 2.10 bits per heavy atom. The molecule has 114 valence electrons. The van der Waals surface area contributed by atoms with E-state index >= 15 is 0 Å². The quantitative estimate of drug-likeness (QED) is 0.854. The van der Waals surface area contributed by atoms with Gasteiger partial charge in [-0.15, -0.1) is 0 Å². The Hall–Kier alpha value is -1.63. The van der Waals surface area contributed by atoms with E-state index in [1.807, 2.05) is 13.0 Å². The lowest BCUT2D eigenvalue weighted by molar-refractivity contribution is 0.479. The summed E-state index contributed by atoms with van der Waals surface area (Å²) >= 11 is 0. The average molecular weight is 308 g/mol. The first-order chi connectivity index (χ1) is 9.92. The van der Waals surface area contributed by atoms with E-state index in [0.717, 1.165) is 16.9 Å². The molecule has 0 fully saturated rings. The number of nitrogens with two attached hydrogens (primary N) is 1. The van der Waals surface area contributed by atoms with E-state index < -0.39 is 10.0 Å². The number of hydrogen-bond acceptors (Lipinski definition) is 4. The molecule has 0 amide bonds. The van der Waals surface area contributed by atoms with Gasteiger partial charge in [0.15, 0.2) is 0 Å². The van der Waals surface area contributed by atoms with Crippen molar-refractivity contribution in [1.82, 2.24) is 4.72 Å². The van der Waals surface area contributed by atoms with E-state index in [9.17, 15) is 8.42 Å². The zero-order chi connectivity index (χ0) is 15.5. The molecule has 1 unspecified atom stereocenters.